The van der Waals surface area contributed by atoms with Crippen LogP contribution < -0.4 is 0 Å². The third-order valence-corrected chi connectivity index (χ3v) is 8.79. The van der Waals surface area contributed by atoms with Gasteiger partial charge >= 0.3 is 0 Å². The first-order chi connectivity index (χ1) is 8.08. The highest BCUT2D eigenvalue weighted by atomic mass is 28.4. The zero-order valence-corrected chi connectivity index (χ0v) is 12.2. The fourth-order valence-electron chi connectivity index (χ4n) is 2.43. The average molecular weight is 258 g/mol. The Bertz CT molecular complexity index is 243. The zero-order chi connectivity index (χ0) is 12.9. The van der Waals surface area contributed by atoms with E-state index in [4.69, 9.17) is 4.43 Å². The van der Waals surface area contributed by atoms with E-state index in [1.807, 2.05) is 6.08 Å². The molecule has 0 aromatic carbocycles. The lowest BCUT2D eigenvalue weighted by Gasteiger charge is -2.33. The lowest BCUT2D eigenvalue weighted by atomic mass is 9.90. The van der Waals surface area contributed by atoms with Crippen molar-refractivity contribution in [2.75, 3.05) is 6.61 Å². The molecule has 0 spiro atoms. The van der Waals surface area contributed by atoms with Crippen molar-refractivity contribution < 1.29 is 14.6 Å². The van der Waals surface area contributed by atoms with Crippen LogP contribution in [-0.4, -0.2) is 37.3 Å². The van der Waals surface area contributed by atoms with Crippen LogP contribution in [0.25, 0.3) is 0 Å². The van der Waals surface area contributed by atoms with Crippen molar-refractivity contribution in [2.24, 2.45) is 5.92 Å². The summed E-state index contributed by atoms with van der Waals surface area (Å²) >= 11 is 0. The number of aliphatic hydroxyl groups excluding tert-OH is 2. The van der Waals surface area contributed by atoms with E-state index in [-0.39, 0.29) is 5.92 Å². The molecule has 2 N–H and O–H groups in total. The van der Waals surface area contributed by atoms with Gasteiger partial charge in [-0.15, -0.1) is 0 Å². The summed E-state index contributed by atoms with van der Waals surface area (Å²) in [6, 6.07) is 3.38. The molecule has 1 rings (SSSR count). The van der Waals surface area contributed by atoms with Gasteiger partial charge in [0.15, 0.2) is 8.32 Å². The smallest absolute Gasteiger partial charge is 0.191 e. The maximum Gasteiger partial charge on any atom is 0.191 e. The summed E-state index contributed by atoms with van der Waals surface area (Å²) in [6.07, 6.45) is 3.03. The summed E-state index contributed by atoms with van der Waals surface area (Å²) in [4.78, 5) is 0. The predicted octanol–water partition coefficient (Wildman–Crippen LogP) is 2.31. The third-order valence-electron chi connectivity index (χ3n) is 4.14. The third kappa shape index (κ3) is 3.65. The Morgan fingerprint density at radius 2 is 1.76 bits per heavy atom. The summed E-state index contributed by atoms with van der Waals surface area (Å²) in [7, 11) is -1.57. The molecule has 0 aromatic rings. The molecule has 0 fully saturated rings. The molecule has 0 aliphatic heterocycles. The predicted molar refractivity (Wildman–Crippen MR) is 72.4 cm³/mol. The first-order valence-electron chi connectivity index (χ1n) is 6.75. The Kier molecular flexibility index (Phi) is 5.86. The molecule has 17 heavy (non-hydrogen) atoms. The summed E-state index contributed by atoms with van der Waals surface area (Å²) in [6.45, 7) is 7.19. The highest BCUT2D eigenvalue weighted by Crippen LogP contribution is 2.26. The average Bonchev–Trinajstić information content (AvgIpc) is 2.36. The van der Waals surface area contributed by atoms with Gasteiger partial charge in [0.1, 0.15) is 0 Å². The van der Waals surface area contributed by atoms with Crippen molar-refractivity contribution in [3.8, 4) is 0 Å². The number of hydrogen-bond donors (Lipinski definition) is 2. The molecular formula is C13H26O3Si. The summed E-state index contributed by atoms with van der Waals surface area (Å²) in [5.74, 6) is 0.0477. The monoisotopic (exact) mass is 258 g/mol. The van der Waals surface area contributed by atoms with Crippen LogP contribution >= 0.6 is 0 Å². The van der Waals surface area contributed by atoms with Gasteiger partial charge < -0.3 is 14.6 Å². The summed E-state index contributed by atoms with van der Waals surface area (Å²) < 4.78 is 6.17. The van der Waals surface area contributed by atoms with Gasteiger partial charge in [-0.2, -0.15) is 0 Å². The van der Waals surface area contributed by atoms with E-state index < -0.39 is 20.5 Å². The summed E-state index contributed by atoms with van der Waals surface area (Å²) in [5, 5.41) is 19.5. The Balaban J connectivity index is 2.52. The van der Waals surface area contributed by atoms with Gasteiger partial charge in [-0.25, -0.2) is 0 Å². The molecule has 1 aliphatic carbocycles. The number of allylic oxidation sites excluding steroid dienone is 1. The second-order valence-corrected chi connectivity index (χ2v) is 9.74. The standard InChI is InChI=1S/C13H26O3Si/c1-4-17(5-2,6-3)16-10-11-8-7-9-12(14)13(11)15/h7,9,11-15H,4-6,8,10H2,1-3H3/t11-,12-,13-/m1/s1. The molecule has 0 saturated carbocycles. The second kappa shape index (κ2) is 6.68. The number of rotatable bonds is 6. The van der Waals surface area contributed by atoms with Crippen molar-refractivity contribution in [1.82, 2.24) is 0 Å². The Morgan fingerprint density at radius 3 is 2.29 bits per heavy atom. The van der Waals surface area contributed by atoms with E-state index in [9.17, 15) is 10.2 Å². The van der Waals surface area contributed by atoms with Crippen LogP contribution in [0.1, 0.15) is 27.2 Å². The largest absolute Gasteiger partial charge is 0.416 e. The van der Waals surface area contributed by atoms with Crippen LogP contribution in [0.2, 0.25) is 18.1 Å². The lowest BCUT2D eigenvalue weighted by molar-refractivity contribution is -0.0134. The van der Waals surface area contributed by atoms with Gasteiger partial charge in [0.05, 0.1) is 12.2 Å². The molecule has 0 radical (unpaired) electrons. The molecule has 3 nitrogen and oxygen atoms in total. The van der Waals surface area contributed by atoms with E-state index in [2.05, 4.69) is 20.8 Å². The SMILES string of the molecule is CC[Si](CC)(CC)OC[C@H]1CC=C[C@@H](O)[C@@H]1O. The minimum atomic E-state index is -1.57. The van der Waals surface area contributed by atoms with Crippen LogP contribution in [0.4, 0.5) is 0 Å². The molecule has 0 saturated heterocycles. The Hall–Kier alpha value is -0.163. The first-order valence-corrected chi connectivity index (χ1v) is 9.28. The second-order valence-electron chi connectivity index (χ2n) is 4.96. The van der Waals surface area contributed by atoms with E-state index >= 15 is 0 Å². The Morgan fingerprint density at radius 1 is 1.18 bits per heavy atom. The molecule has 1 aliphatic rings. The van der Waals surface area contributed by atoms with Gasteiger partial charge in [-0.3, -0.25) is 0 Å². The maximum atomic E-state index is 9.89. The van der Waals surface area contributed by atoms with Crippen molar-refractivity contribution >= 4 is 8.32 Å². The number of hydrogen-bond acceptors (Lipinski definition) is 3. The minimum Gasteiger partial charge on any atom is -0.416 e. The zero-order valence-electron chi connectivity index (χ0n) is 11.2. The maximum absolute atomic E-state index is 9.89. The fraction of sp³-hybridized carbons (Fsp3) is 0.846. The molecule has 0 heterocycles. The van der Waals surface area contributed by atoms with Gasteiger partial charge in [0.25, 0.3) is 0 Å². The van der Waals surface area contributed by atoms with Crippen molar-refractivity contribution in [1.29, 1.82) is 0 Å². The topological polar surface area (TPSA) is 49.7 Å². The van der Waals surface area contributed by atoms with Gasteiger partial charge in [-0.05, 0) is 24.6 Å². The van der Waals surface area contributed by atoms with Crippen LogP contribution in [0.15, 0.2) is 12.2 Å². The van der Waals surface area contributed by atoms with E-state index in [1.54, 1.807) is 6.08 Å². The normalized spacial score (nSPS) is 29.6. The molecule has 0 aromatic heterocycles. The van der Waals surface area contributed by atoms with Crippen LogP contribution in [0.3, 0.4) is 0 Å². The summed E-state index contributed by atoms with van der Waals surface area (Å²) in [5.41, 5.74) is 0. The lowest BCUT2D eigenvalue weighted by Crippen LogP contribution is -2.42. The fourth-order valence-corrected chi connectivity index (χ4v) is 5.11. The van der Waals surface area contributed by atoms with Gasteiger partial charge in [-0.1, -0.05) is 32.9 Å². The van der Waals surface area contributed by atoms with E-state index in [0.717, 1.165) is 24.6 Å². The molecule has 3 atom stereocenters. The minimum absolute atomic E-state index is 0.0477. The van der Waals surface area contributed by atoms with Gasteiger partial charge in [0, 0.05) is 12.5 Å². The van der Waals surface area contributed by atoms with E-state index in [1.165, 1.54) is 0 Å². The van der Waals surface area contributed by atoms with E-state index in [0.29, 0.717) is 6.61 Å². The highest BCUT2D eigenvalue weighted by molar-refractivity contribution is 6.73. The van der Waals surface area contributed by atoms with Crippen molar-refractivity contribution in [3.05, 3.63) is 12.2 Å². The molecule has 0 bridgehead atoms. The molecule has 4 heteroatoms. The highest BCUT2D eigenvalue weighted by Gasteiger charge is 2.33. The molecule has 0 amide bonds. The van der Waals surface area contributed by atoms with Crippen molar-refractivity contribution in [2.45, 2.75) is 57.5 Å². The Labute approximate surface area is 106 Å². The van der Waals surface area contributed by atoms with Crippen LogP contribution in [0, 0.1) is 5.92 Å². The molecule has 0 unspecified atom stereocenters. The number of aliphatic hydroxyl groups is 2. The molecule has 100 valence electrons. The van der Waals surface area contributed by atoms with Gasteiger partial charge in [0.2, 0.25) is 0 Å². The molecular weight excluding hydrogens is 232 g/mol. The first kappa shape index (κ1) is 14.9. The van der Waals surface area contributed by atoms with Crippen LogP contribution in [-0.2, 0) is 4.43 Å². The van der Waals surface area contributed by atoms with Crippen molar-refractivity contribution in [3.63, 3.8) is 0 Å². The van der Waals surface area contributed by atoms with Crippen LogP contribution in [0.5, 0.6) is 0 Å². The quantitative estimate of drug-likeness (QED) is 0.568.